The van der Waals surface area contributed by atoms with Gasteiger partial charge in [-0.05, 0) is 21.0 Å². The lowest BCUT2D eigenvalue weighted by atomic mass is 10.2. The van der Waals surface area contributed by atoms with Crippen LogP contribution in [0.3, 0.4) is 0 Å². The van der Waals surface area contributed by atoms with E-state index in [1.165, 1.54) is 0 Å². The fourth-order valence-electron chi connectivity index (χ4n) is 1.18. The third-order valence-electron chi connectivity index (χ3n) is 1.65. The average molecular weight is 200 g/mol. The lowest BCUT2D eigenvalue weighted by Gasteiger charge is -2.14. The van der Waals surface area contributed by atoms with Gasteiger partial charge in [0.2, 0.25) is 0 Å². The molecule has 0 saturated heterocycles. The summed E-state index contributed by atoms with van der Waals surface area (Å²) in [5.41, 5.74) is 1.04. The molecule has 0 aliphatic carbocycles. The lowest BCUT2D eigenvalue weighted by molar-refractivity contribution is 0.137. The van der Waals surface area contributed by atoms with Crippen molar-refractivity contribution in [1.29, 1.82) is 0 Å². The monoisotopic (exact) mass is 200 g/mol. The third-order valence-corrected chi connectivity index (χ3v) is 2.64. The first-order chi connectivity index (χ1) is 6.08. The third kappa shape index (κ3) is 3.85. The van der Waals surface area contributed by atoms with Crippen molar-refractivity contribution in [2.75, 3.05) is 20.6 Å². The molecule has 1 aromatic rings. The van der Waals surface area contributed by atoms with Crippen molar-refractivity contribution < 1.29 is 5.11 Å². The highest BCUT2D eigenvalue weighted by molar-refractivity contribution is 7.09. The number of aromatic nitrogens is 1. The quantitative estimate of drug-likeness (QED) is 0.785. The maximum atomic E-state index is 9.61. The smallest absolute Gasteiger partial charge is 0.0954 e. The van der Waals surface area contributed by atoms with Crippen molar-refractivity contribution in [3.8, 4) is 0 Å². The van der Waals surface area contributed by atoms with Crippen LogP contribution in [-0.4, -0.2) is 41.7 Å². The second kappa shape index (κ2) is 4.69. The van der Waals surface area contributed by atoms with Gasteiger partial charge in [-0.25, -0.2) is 4.98 Å². The highest BCUT2D eigenvalue weighted by atomic mass is 32.1. The number of hydrogen-bond acceptors (Lipinski definition) is 4. The van der Waals surface area contributed by atoms with Crippen LogP contribution in [0.15, 0.2) is 5.38 Å². The van der Waals surface area contributed by atoms with Crippen molar-refractivity contribution in [2.24, 2.45) is 0 Å². The molecule has 0 bridgehead atoms. The zero-order chi connectivity index (χ0) is 9.84. The Morgan fingerprint density at radius 1 is 1.62 bits per heavy atom. The minimum atomic E-state index is -0.305. The SMILES string of the molecule is Cc1csc(CC(O)CN(C)C)n1. The summed E-state index contributed by atoms with van der Waals surface area (Å²) in [6, 6.07) is 0. The summed E-state index contributed by atoms with van der Waals surface area (Å²) in [5, 5.41) is 12.6. The first-order valence-electron chi connectivity index (χ1n) is 4.31. The van der Waals surface area contributed by atoms with E-state index in [-0.39, 0.29) is 6.10 Å². The summed E-state index contributed by atoms with van der Waals surface area (Å²) in [4.78, 5) is 6.28. The Hall–Kier alpha value is -0.450. The molecule has 0 amide bonds. The molecule has 74 valence electrons. The number of likely N-dealkylation sites (N-methyl/N-ethyl adjacent to an activating group) is 1. The van der Waals surface area contributed by atoms with Gasteiger partial charge in [-0.3, -0.25) is 0 Å². The van der Waals surface area contributed by atoms with Crippen LogP contribution in [0.1, 0.15) is 10.7 Å². The van der Waals surface area contributed by atoms with Crippen LogP contribution in [0.25, 0.3) is 0 Å². The highest BCUT2D eigenvalue weighted by Crippen LogP contribution is 2.11. The molecule has 1 atom stereocenters. The van der Waals surface area contributed by atoms with Crippen LogP contribution in [0.5, 0.6) is 0 Å². The number of hydrogen-bond donors (Lipinski definition) is 1. The van der Waals surface area contributed by atoms with Gasteiger partial charge in [-0.1, -0.05) is 0 Å². The largest absolute Gasteiger partial charge is 0.391 e. The Balaban J connectivity index is 2.40. The van der Waals surface area contributed by atoms with E-state index in [1.807, 2.05) is 31.3 Å². The lowest BCUT2D eigenvalue weighted by Crippen LogP contribution is -2.27. The number of thiazole rings is 1. The maximum absolute atomic E-state index is 9.61. The summed E-state index contributed by atoms with van der Waals surface area (Å²) < 4.78 is 0. The van der Waals surface area contributed by atoms with Gasteiger partial charge < -0.3 is 10.0 Å². The van der Waals surface area contributed by atoms with Crippen LogP contribution >= 0.6 is 11.3 Å². The van der Waals surface area contributed by atoms with Crippen molar-refractivity contribution in [2.45, 2.75) is 19.4 Å². The Bertz CT molecular complexity index is 260. The van der Waals surface area contributed by atoms with Gasteiger partial charge in [0.25, 0.3) is 0 Å². The second-order valence-corrected chi connectivity index (χ2v) is 4.45. The molecule has 1 N–H and O–H groups in total. The zero-order valence-corrected chi connectivity index (χ0v) is 9.14. The minimum Gasteiger partial charge on any atom is -0.391 e. The first kappa shape index (κ1) is 10.6. The molecular weight excluding hydrogens is 184 g/mol. The Morgan fingerprint density at radius 2 is 2.31 bits per heavy atom. The van der Waals surface area contributed by atoms with E-state index in [1.54, 1.807) is 11.3 Å². The predicted octanol–water partition coefficient (Wildman–Crippen LogP) is 0.917. The van der Waals surface area contributed by atoms with Crippen molar-refractivity contribution in [3.05, 3.63) is 16.1 Å². The van der Waals surface area contributed by atoms with Gasteiger partial charge in [-0.2, -0.15) is 0 Å². The summed E-state index contributed by atoms with van der Waals surface area (Å²) in [6.07, 6.45) is 0.358. The fourth-order valence-corrected chi connectivity index (χ4v) is 2.03. The van der Waals surface area contributed by atoms with E-state index in [0.717, 1.165) is 10.7 Å². The molecular formula is C9H16N2OS. The van der Waals surface area contributed by atoms with Gasteiger partial charge in [-0.15, -0.1) is 11.3 Å². The van der Waals surface area contributed by atoms with Gasteiger partial charge >= 0.3 is 0 Å². The molecule has 1 unspecified atom stereocenters. The van der Waals surface area contributed by atoms with Crippen LogP contribution in [0.2, 0.25) is 0 Å². The standard InChI is InChI=1S/C9H16N2OS/c1-7-6-13-9(10-7)4-8(12)5-11(2)3/h6,8,12H,4-5H2,1-3H3. The van der Waals surface area contributed by atoms with E-state index in [4.69, 9.17) is 0 Å². The van der Waals surface area contributed by atoms with Crippen molar-refractivity contribution in [3.63, 3.8) is 0 Å². The molecule has 0 spiro atoms. The summed E-state index contributed by atoms with van der Waals surface area (Å²) in [5.74, 6) is 0. The number of rotatable bonds is 4. The second-order valence-electron chi connectivity index (χ2n) is 3.50. The van der Waals surface area contributed by atoms with E-state index in [0.29, 0.717) is 13.0 Å². The molecule has 1 aromatic heterocycles. The number of nitrogens with zero attached hydrogens (tertiary/aromatic N) is 2. The Kier molecular flexibility index (Phi) is 3.84. The minimum absolute atomic E-state index is 0.305. The normalized spacial score (nSPS) is 13.6. The summed E-state index contributed by atoms with van der Waals surface area (Å²) in [6.45, 7) is 2.66. The van der Waals surface area contributed by atoms with Gasteiger partial charge in [0, 0.05) is 24.0 Å². The van der Waals surface area contributed by atoms with E-state index in [9.17, 15) is 5.11 Å². The molecule has 0 radical (unpaired) electrons. The van der Waals surface area contributed by atoms with Gasteiger partial charge in [0.15, 0.2) is 0 Å². The van der Waals surface area contributed by atoms with Gasteiger partial charge in [0.1, 0.15) is 0 Å². The van der Waals surface area contributed by atoms with E-state index >= 15 is 0 Å². The first-order valence-corrected chi connectivity index (χ1v) is 5.19. The molecule has 1 rings (SSSR count). The fraction of sp³-hybridized carbons (Fsp3) is 0.667. The molecule has 0 fully saturated rings. The van der Waals surface area contributed by atoms with Crippen LogP contribution in [0.4, 0.5) is 0 Å². The topological polar surface area (TPSA) is 36.4 Å². The molecule has 3 nitrogen and oxygen atoms in total. The van der Waals surface area contributed by atoms with Crippen LogP contribution in [0, 0.1) is 6.92 Å². The molecule has 0 aliphatic rings. The van der Waals surface area contributed by atoms with Crippen LogP contribution in [-0.2, 0) is 6.42 Å². The van der Waals surface area contributed by atoms with Crippen molar-refractivity contribution >= 4 is 11.3 Å². The molecule has 13 heavy (non-hydrogen) atoms. The van der Waals surface area contributed by atoms with E-state index in [2.05, 4.69) is 4.98 Å². The summed E-state index contributed by atoms with van der Waals surface area (Å²) in [7, 11) is 3.91. The number of aryl methyl sites for hydroxylation is 1. The molecule has 4 heteroatoms. The number of aliphatic hydroxyl groups excluding tert-OH is 1. The average Bonchev–Trinajstić information content (AvgIpc) is 2.33. The van der Waals surface area contributed by atoms with Crippen LogP contribution < -0.4 is 0 Å². The molecule has 0 aromatic carbocycles. The van der Waals surface area contributed by atoms with Crippen molar-refractivity contribution in [1.82, 2.24) is 9.88 Å². The summed E-state index contributed by atoms with van der Waals surface area (Å²) >= 11 is 1.62. The van der Waals surface area contributed by atoms with E-state index < -0.39 is 0 Å². The molecule has 1 heterocycles. The molecule has 0 saturated carbocycles. The Labute approximate surface area is 83.0 Å². The molecule has 0 aliphatic heterocycles. The maximum Gasteiger partial charge on any atom is 0.0954 e. The Morgan fingerprint density at radius 3 is 2.77 bits per heavy atom. The van der Waals surface area contributed by atoms with Gasteiger partial charge in [0.05, 0.1) is 11.1 Å². The highest BCUT2D eigenvalue weighted by Gasteiger charge is 2.08. The zero-order valence-electron chi connectivity index (χ0n) is 8.32. The predicted molar refractivity (Wildman–Crippen MR) is 55.1 cm³/mol. The number of aliphatic hydroxyl groups is 1.